The topological polar surface area (TPSA) is 0 Å². The summed E-state index contributed by atoms with van der Waals surface area (Å²) in [5.41, 5.74) is -0.248. The minimum Gasteiger partial charge on any atom is -0.202 e. The molecule has 17 heavy (non-hydrogen) atoms. The van der Waals surface area contributed by atoms with Gasteiger partial charge in [-0.05, 0) is 5.41 Å². The van der Waals surface area contributed by atoms with Gasteiger partial charge in [-0.15, -0.1) is 23.5 Å². The molecule has 3 rings (SSSR count). The Hall–Kier alpha value is -0.360. The fourth-order valence-electron chi connectivity index (χ4n) is 1.42. The summed E-state index contributed by atoms with van der Waals surface area (Å²) in [6, 6.07) is 0. The van der Waals surface area contributed by atoms with Gasteiger partial charge in [0, 0.05) is 11.5 Å². The summed E-state index contributed by atoms with van der Waals surface area (Å²) in [6.45, 7) is 3.79. The molecule has 2 aliphatic rings. The van der Waals surface area contributed by atoms with Crippen molar-refractivity contribution in [2.24, 2.45) is 5.41 Å². The second kappa shape index (κ2) is 4.39. The molecule has 94 valence electrons. The summed E-state index contributed by atoms with van der Waals surface area (Å²) in [6.07, 6.45) is 0. The van der Waals surface area contributed by atoms with E-state index in [1.165, 1.54) is 0 Å². The first-order valence-electron chi connectivity index (χ1n) is 4.95. The highest BCUT2D eigenvalue weighted by Gasteiger charge is 2.31. The van der Waals surface area contributed by atoms with E-state index in [2.05, 4.69) is 0 Å². The van der Waals surface area contributed by atoms with Gasteiger partial charge in [0.25, 0.3) is 0 Å². The normalized spacial score (nSPS) is 18.7. The van der Waals surface area contributed by atoms with Crippen LogP contribution in [-0.4, -0.2) is 11.5 Å². The van der Waals surface area contributed by atoms with Gasteiger partial charge in [-0.3, -0.25) is 0 Å². The van der Waals surface area contributed by atoms with E-state index in [9.17, 15) is 17.6 Å². The Morgan fingerprint density at radius 1 is 0.765 bits per heavy atom. The molecule has 2 heterocycles. The zero-order chi connectivity index (χ0) is 12.8. The molecule has 0 N–H and O–H groups in total. The second-order valence-electron chi connectivity index (χ2n) is 4.66. The van der Waals surface area contributed by atoms with Crippen molar-refractivity contribution in [1.82, 2.24) is 0 Å². The number of halogens is 4. The second-order valence-corrected chi connectivity index (χ2v) is 6.63. The third kappa shape index (κ3) is 2.29. The number of fused-ring (bicyclic) bond motifs is 6. The van der Waals surface area contributed by atoms with Gasteiger partial charge >= 0.3 is 0 Å². The molecule has 1 aromatic carbocycles. The van der Waals surface area contributed by atoms with Gasteiger partial charge in [-0.25, -0.2) is 17.6 Å². The highest BCUT2D eigenvalue weighted by Crippen LogP contribution is 2.42. The van der Waals surface area contributed by atoms with E-state index >= 15 is 0 Å². The van der Waals surface area contributed by atoms with Crippen molar-refractivity contribution in [2.45, 2.75) is 23.6 Å². The summed E-state index contributed by atoms with van der Waals surface area (Å²) in [4.78, 5) is -1.11. The van der Waals surface area contributed by atoms with Crippen LogP contribution in [0.1, 0.15) is 13.8 Å². The number of benzene rings is 1. The zero-order valence-corrected chi connectivity index (χ0v) is 10.9. The molecule has 0 spiro atoms. The lowest BCUT2D eigenvalue weighted by atomic mass is 10.0. The van der Waals surface area contributed by atoms with Crippen LogP contribution in [0.2, 0.25) is 0 Å². The lowest BCUT2D eigenvalue weighted by Gasteiger charge is -2.21. The van der Waals surface area contributed by atoms with Crippen molar-refractivity contribution in [2.75, 3.05) is 11.5 Å². The van der Waals surface area contributed by atoms with Gasteiger partial charge in [0.2, 0.25) is 0 Å². The first-order chi connectivity index (χ1) is 7.83. The molecular formula is C11H10F4S2. The monoisotopic (exact) mass is 282 g/mol. The Morgan fingerprint density at radius 2 is 1.06 bits per heavy atom. The molecule has 1 aromatic rings. The van der Waals surface area contributed by atoms with Crippen LogP contribution < -0.4 is 0 Å². The van der Waals surface area contributed by atoms with E-state index in [0.29, 0.717) is 11.5 Å². The van der Waals surface area contributed by atoms with Crippen molar-refractivity contribution >= 4 is 23.5 Å². The Kier molecular flexibility index (Phi) is 3.38. The van der Waals surface area contributed by atoms with Gasteiger partial charge in [0.1, 0.15) is 0 Å². The van der Waals surface area contributed by atoms with Gasteiger partial charge in [0.15, 0.2) is 23.3 Å². The third-order valence-electron chi connectivity index (χ3n) is 2.40. The summed E-state index contributed by atoms with van der Waals surface area (Å²) in [7, 11) is 0. The maximum absolute atomic E-state index is 13.5. The average Bonchev–Trinajstić information content (AvgIpc) is 2.31. The molecule has 2 bridgehead atoms. The lowest BCUT2D eigenvalue weighted by molar-refractivity contribution is 0.401. The molecule has 0 atom stereocenters. The lowest BCUT2D eigenvalue weighted by Crippen LogP contribution is -2.17. The van der Waals surface area contributed by atoms with Crippen molar-refractivity contribution in [3.63, 3.8) is 0 Å². The van der Waals surface area contributed by atoms with E-state index in [1.807, 2.05) is 13.8 Å². The van der Waals surface area contributed by atoms with Gasteiger partial charge in [-0.2, -0.15) is 0 Å². The first kappa shape index (κ1) is 13.1. The minimum atomic E-state index is -1.28. The molecule has 2 aliphatic heterocycles. The summed E-state index contributed by atoms with van der Waals surface area (Å²) < 4.78 is 54.2. The Morgan fingerprint density at radius 3 is 1.35 bits per heavy atom. The molecule has 0 aromatic heterocycles. The summed E-state index contributed by atoms with van der Waals surface area (Å²) >= 11 is 1.65. The fraction of sp³-hybridized carbons (Fsp3) is 0.455. The van der Waals surface area contributed by atoms with Gasteiger partial charge in [-0.1, -0.05) is 13.8 Å². The van der Waals surface area contributed by atoms with Crippen LogP contribution in [0.4, 0.5) is 17.6 Å². The predicted molar refractivity (Wildman–Crippen MR) is 61.5 cm³/mol. The molecular weight excluding hydrogens is 272 g/mol. The molecule has 0 fully saturated rings. The van der Waals surface area contributed by atoms with E-state index in [-0.39, 0.29) is 5.41 Å². The van der Waals surface area contributed by atoms with E-state index in [1.54, 1.807) is 0 Å². The molecule has 0 saturated carbocycles. The molecule has 0 saturated heterocycles. The molecule has 0 unspecified atom stereocenters. The van der Waals surface area contributed by atoms with Gasteiger partial charge in [0.05, 0.1) is 9.79 Å². The van der Waals surface area contributed by atoms with Crippen LogP contribution >= 0.6 is 23.5 Å². The van der Waals surface area contributed by atoms with Gasteiger partial charge < -0.3 is 0 Å². The van der Waals surface area contributed by atoms with Crippen LogP contribution in [0.15, 0.2) is 9.79 Å². The smallest absolute Gasteiger partial charge is 0.176 e. The Bertz CT molecular complexity index is 401. The number of hydrogen-bond acceptors (Lipinski definition) is 2. The van der Waals surface area contributed by atoms with E-state index in [4.69, 9.17) is 0 Å². The predicted octanol–water partition coefficient (Wildman–Crippen LogP) is 4.47. The summed E-state index contributed by atoms with van der Waals surface area (Å²) in [5, 5.41) is 0. The number of rotatable bonds is 0. The first-order valence-corrected chi connectivity index (χ1v) is 6.92. The van der Waals surface area contributed by atoms with Crippen LogP contribution in [0.3, 0.4) is 0 Å². The van der Waals surface area contributed by atoms with Crippen LogP contribution in [0.5, 0.6) is 0 Å². The van der Waals surface area contributed by atoms with Crippen molar-refractivity contribution in [1.29, 1.82) is 0 Å². The Labute approximate surface area is 105 Å². The molecule has 0 radical (unpaired) electrons. The van der Waals surface area contributed by atoms with Crippen LogP contribution in [-0.2, 0) is 0 Å². The highest BCUT2D eigenvalue weighted by molar-refractivity contribution is 8.00. The van der Waals surface area contributed by atoms with Crippen LogP contribution in [0, 0.1) is 28.7 Å². The highest BCUT2D eigenvalue weighted by atomic mass is 32.2. The molecule has 0 nitrogen and oxygen atoms in total. The fourth-order valence-corrected chi connectivity index (χ4v) is 3.69. The Balaban J connectivity index is 2.62. The SMILES string of the molecule is CC1(C)CSc2c(F)c(F)c(c(F)c2F)SC1. The number of hydrogen-bond donors (Lipinski definition) is 0. The van der Waals surface area contributed by atoms with E-state index in [0.717, 1.165) is 23.5 Å². The largest absolute Gasteiger partial charge is 0.202 e. The van der Waals surface area contributed by atoms with Crippen LogP contribution in [0.25, 0.3) is 0 Å². The number of thioether (sulfide) groups is 2. The quantitative estimate of drug-likeness (QED) is 0.509. The average molecular weight is 282 g/mol. The van der Waals surface area contributed by atoms with Crippen molar-refractivity contribution in [3.05, 3.63) is 23.3 Å². The minimum absolute atomic E-state index is 0.248. The maximum atomic E-state index is 13.5. The summed E-state index contributed by atoms with van der Waals surface area (Å²) in [5.74, 6) is -4.32. The van der Waals surface area contributed by atoms with Crippen molar-refractivity contribution in [3.8, 4) is 0 Å². The van der Waals surface area contributed by atoms with Crippen molar-refractivity contribution < 1.29 is 17.6 Å². The standard InChI is InChI=1S/C11H10F4S2/c1-11(2)3-16-9-5(12)7(14)10(17-4-11)8(15)6(9)13/h3-4H2,1-2H3. The third-order valence-corrected chi connectivity index (χ3v) is 5.54. The van der Waals surface area contributed by atoms with E-state index < -0.39 is 33.1 Å². The molecule has 6 heteroatoms. The molecule has 0 aliphatic carbocycles. The zero-order valence-electron chi connectivity index (χ0n) is 9.24. The maximum Gasteiger partial charge on any atom is 0.176 e. The molecule has 0 amide bonds.